The standard InChI is InChI=1S/C9H11N3O2S/c10-6-1-3-7(4-2-6)15-5-8(13)12-9(11)14/h1-4H,5,10H2,(H3,11,12,13,14). The first-order valence-electron chi connectivity index (χ1n) is 4.15. The summed E-state index contributed by atoms with van der Waals surface area (Å²) in [6.07, 6.45) is 0. The zero-order valence-corrected chi connectivity index (χ0v) is 8.71. The van der Waals surface area contributed by atoms with Crippen molar-refractivity contribution in [1.29, 1.82) is 0 Å². The molecule has 0 radical (unpaired) electrons. The van der Waals surface area contributed by atoms with Crippen LogP contribution in [0.2, 0.25) is 0 Å². The van der Waals surface area contributed by atoms with Crippen LogP contribution in [0.25, 0.3) is 0 Å². The third kappa shape index (κ3) is 4.37. The van der Waals surface area contributed by atoms with Crippen LogP contribution in [0.15, 0.2) is 29.2 Å². The number of urea groups is 1. The molecule has 0 fully saturated rings. The van der Waals surface area contributed by atoms with Crippen LogP contribution in [0.1, 0.15) is 0 Å². The van der Waals surface area contributed by atoms with Gasteiger partial charge in [-0.1, -0.05) is 0 Å². The second-order valence-corrected chi connectivity index (χ2v) is 3.82. The van der Waals surface area contributed by atoms with Crippen LogP contribution < -0.4 is 16.8 Å². The van der Waals surface area contributed by atoms with E-state index in [1.54, 1.807) is 24.3 Å². The molecule has 0 atom stereocenters. The van der Waals surface area contributed by atoms with Crippen molar-refractivity contribution in [2.45, 2.75) is 4.90 Å². The average molecular weight is 225 g/mol. The fraction of sp³-hybridized carbons (Fsp3) is 0.111. The van der Waals surface area contributed by atoms with Gasteiger partial charge in [-0.3, -0.25) is 10.1 Å². The van der Waals surface area contributed by atoms with E-state index in [4.69, 9.17) is 11.5 Å². The van der Waals surface area contributed by atoms with E-state index in [1.165, 1.54) is 11.8 Å². The van der Waals surface area contributed by atoms with Crippen molar-refractivity contribution in [3.63, 3.8) is 0 Å². The van der Waals surface area contributed by atoms with Gasteiger partial charge in [-0.05, 0) is 24.3 Å². The van der Waals surface area contributed by atoms with Gasteiger partial charge in [-0.15, -0.1) is 11.8 Å². The summed E-state index contributed by atoms with van der Waals surface area (Å²) in [6.45, 7) is 0. The molecule has 1 aromatic rings. The summed E-state index contributed by atoms with van der Waals surface area (Å²) < 4.78 is 0. The van der Waals surface area contributed by atoms with E-state index in [0.717, 1.165) is 4.90 Å². The zero-order chi connectivity index (χ0) is 11.3. The van der Waals surface area contributed by atoms with Gasteiger partial charge in [0, 0.05) is 10.6 Å². The van der Waals surface area contributed by atoms with Crippen LogP contribution in [0.3, 0.4) is 0 Å². The number of nitrogens with one attached hydrogen (secondary N) is 1. The summed E-state index contributed by atoms with van der Waals surface area (Å²) in [4.78, 5) is 22.3. The summed E-state index contributed by atoms with van der Waals surface area (Å²) >= 11 is 1.30. The van der Waals surface area contributed by atoms with Crippen molar-refractivity contribution in [2.24, 2.45) is 5.73 Å². The Morgan fingerprint density at radius 1 is 1.27 bits per heavy atom. The number of imide groups is 1. The lowest BCUT2D eigenvalue weighted by Gasteiger charge is -2.01. The first-order chi connectivity index (χ1) is 7.08. The predicted molar refractivity (Wildman–Crippen MR) is 59.3 cm³/mol. The number of amides is 3. The highest BCUT2D eigenvalue weighted by Gasteiger charge is 2.04. The molecule has 6 heteroatoms. The van der Waals surface area contributed by atoms with Crippen LogP contribution >= 0.6 is 11.8 Å². The molecule has 0 aliphatic heterocycles. The highest BCUT2D eigenvalue weighted by molar-refractivity contribution is 8.00. The Bertz CT molecular complexity index is 364. The van der Waals surface area contributed by atoms with Crippen LogP contribution in [0, 0.1) is 0 Å². The predicted octanol–water partition coefficient (Wildman–Crippen LogP) is 0.556. The maximum absolute atomic E-state index is 11.0. The van der Waals surface area contributed by atoms with Gasteiger partial charge in [-0.2, -0.15) is 0 Å². The second kappa shape index (κ2) is 5.26. The molecule has 1 rings (SSSR count). The van der Waals surface area contributed by atoms with E-state index < -0.39 is 11.9 Å². The molecule has 0 saturated carbocycles. The molecular formula is C9H11N3O2S. The van der Waals surface area contributed by atoms with Gasteiger partial charge in [-0.25, -0.2) is 4.79 Å². The van der Waals surface area contributed by atoms with Gasteiger partial charge >= 0.3 is 6.03 Å². The molecule has 3 amide bonds. The lowest BCUT2D eigenvalue weighted by molar-refractivity contribution is -0.117. The second-order valence-electron chi connectivity index (χ2n) is 2.77. The number of primary amides is 1. The summed E-state index contributed by atoms with van der Waals surface area (Å²) in [5.74, 6) is -0.267. The molecule has 80 valence electrons. The fourth-order valence-corrected chi connectivity index (χ4v) is 1.58. The Balaban J connectivity index is 2.40. The third-order valence-corrected chi connectivity index (χ3v) is 2.52. The Morgan fingerprint density at radius 3 is 2.40 bits per heavy atom. The largest absolute Gasteiger partial charge is 0.399 e. The summed E-state index contributed by atoms with van der Waals surface area (Å²) in [6, 6.07) is 6.26. The third-order valence-electron chi connectivity index (χ3n) is 1.51. The Kier molecular flexibility index (Phi) is 3.99. The highest BCUT2D eigenvalue weighted by atomic mass is 32.2. The average Bonchev–Trinajstić information content (AvgIpc) is 2.16. The van der Waals surface area contributed by atoms with Crippen molar-refractivity contribution in [3.8, 4) is 0 Å². The van der Waals surface area contributed by atoms with Crippen molar-refractivity contribution in [1.82, 2.24) is 5.32 Å². The van der Waals surface area contributed by atoms with Gasteiger partial charge in [0.15, 0.2) is 0 Å². The number of anilines is 1. The van der Waals surface area contributed by atoms with Crippen molar-refractivity contribution in [2.75, 3.05) is 11.5 Å². The van der Waals surface area contributed by atoms with Crippen LogP contribution in [-0.2, 0) is 4.79 Å². The number of hydrogen-bond donors (Lipinski definition) is 3. The monoisotopic (exact) mass is 225 g/mol. The molecule has 0 aliphatic carbocycles. The number of nitrogens with two attached hydrogens (primary N) is 2. The molecule has 5 nitrogen and oxygen atoms in total. The van der Waals surface area contributed by atoms with E-state index in [0.29, 0.717) is 5.69 Å². The molecule has 15 heavy (non-hydrogen) atoms. The number of nitrogen functional groups attached to an aromatic ring is 1. The number of hydrogen-bond acceptors (Lipinski definition) is 4. The highest BCUT2D eigenvalue weighted by Crippen LogP contribution is 2.18. The number of benzene rings is 1. The minimum Gasteiger partial charge on any atom is -0.399 e. The number of rotatable bonds is 3. The van der Waals surface area contributed by atoms with E-state index in [2.05, 4.69) is 0 Å². The van der Waals surface area contributed by atoms with Crippen molar-refractivity contribution >= 4 is 29.4 Å². The Hall–Kier alpha value is -1.69. The summed E-state index contributed by atoms with van der Waals surface area (Å²) in [5, 5.41) is 1.98. The maximum atomic E-state index is 11.0. The van der Waals surface area contributed by atoms with Gasteiger partial charge in [0.25, 0.3) is 0 Å². The van der Waals surface area contributed by atoms with Crippen molar-refractivity contribution in [3.05, 3.63) is 24.3 Å². The first kappa shape index (κ1) is 11.4. The lowest BCUT2D eigenvalue weighted by atomic mass is 10.3. The van der Waals surface area contributed by atoms with E-state index in [9.17, 15) is 9.59 Å². The van der Waals surface area contributed by atoms with E-state index in [1.807, 2.05) is 5.32 Å². The molecule has 0 aromatic heterocycles. The molecule has 0 unspecified atom stereocenters. The van der Waals surface area contributed by atoms with Crippen LogP contribution in [0.4, 0.5) is 10.5 Å². The first-order valence-corrected chi connectivity index (χ1v) is 5.14. The smallest absolute Gasteiger partial charge is 0.318 e. The Morgan fingerprint density at radius 2 is 1.87 bits per heavy atom. The quantitative estimate of drug-likeness (QED) is 0.517. The molecule has 0 heterocycles. The minimum absolute atomic E-state index is 0.146. The van der Waals surface area contributed by atoms with Crippen LogP contribution in [0.5, 0.6) is 0 Å². The number of carbonyl (C=O) groups is 2. The van der Waals surface area contributed by atoms with Crippen molar-refractivity contribution < 1.29 is 9.59 Å². The van der Waals surface area contributed by atoms with Gasteiger partial charge < -0.3 is 11.5 Å². The van der Waals surface area contributed by atoms with Crippen LogP contribution in [-0.4, -0.2) is 17.7 Å². The Labute approximate surface area is 91.2 Å². The van der Waals surface area contributed by atoms with Gasteiger partial charge in [0.05, 0.1) is 5.75 Å². The topological polar surface area (TPSA) is 98.2 Å². The van der Waals surface area contributed by atoms with E-state index >= 15 is 0 Å². The maximum Gasteiger partial charge on any atom is 0.318 e. The minimum atomic E-state index is -0.835. The van der Waals surface area contributed by atoms with Gasteiger partial charge in [0.2, 0.25) is 5.91 Å². The lowest BCUT2D eigenvalue weighted by Crippen LogP contribution is -2.36. The SMILES string of the molecule is NC(=O)NC(=O)CSc1ccc(N)cc1. The molecule has 0 aliphatic rings. The van der Waals surface area contributed by atoms with Gasteiger partial charge in [0.1, 0.15) is 0 Å². The molecule has 5 N–H and O–H groups in total. The molecular weight excluding hydrogens is 214 g/mol. The van der Waals surface area contributed by atoms with E-state index in [-0.39, 0.29) is 5.75 Å². The molecule has 1 aromatic carbocycles. The summed E-state index contributed by atoms with van der Waals surface area (Å²) in [7, 11) is 0. The molecule has 0 bridgehead atoms. The number of carbonyl (C=O) groups excluding carboxylic acids is 2. The number of thioether (sulfide) groups is 1. The molecule has 0 saturated heterocycles. The fourth-order valence-electron chi connectivity index (χ4n) is 0.886. The normalized spacial score (nSPS) is 9.60. The molecule has 0 spiro atoms. The summed E-state index contributed by atoms with van der Waals surface area (Å²) in [5.41, 5.74) is 11.0. The zero-order valence-electron chi connectivity index (χ0n) is 7.90.